The Labute approximate surface area is 267 Å². The molecule has 45 heavy (non-hydrogen) atoms. The minimum absolute atomic E-state index is 0.0212. The van der Waals surface area contributed by atoms with Crippen LogP contribution in [0.4, 0.5) is 18.9 Å². The first kappa shape index (κ1) is 34.3. The normalized spacial score (nSPS) is 14.9. The van der Waals surface area contributed by atoms with Crippen LogP contribution in [0.1, 0.15) is 62.1 Å². The third-order valence-electron chi connectivity index (χ3n) is 7.93. The van der Waals surface area contributed by atoms with Crippen molar-refractivity contribution in [1.82, 2.24) is 10.2 Å². The van der Waals surface area contributed by atoms with Gasteiger partial charge in [0.2, 0.25) is 11.8 Å². The number of alkyl halides is 3. The Kier molecular flexibility index (Phi) is 11.2. The number of carbonyl (C=O) groups is 2. The number of carbonyl (C=O) groups excluding carboxylic acids is 2. The van der Waals surface area contributed by atoms with Gasteiger partial charge < -0.3 is 10.2 Å². The van der Waals surface area contributed by atoms with Crippen molar-refractivity contribution in [1.29, 1.82) is 0 Å². The molecular weight excluding hydrogens is 627 g/mol. The summed E-state index contributed by atoms with van der Waals surface area (Å²) < 4.78 is 69.8. The zero-order valence-electron chi connectivity index (χ0n) is 25.2. The van der Waals surface area contributed by atoms with Crippen molar-refractivity contribution in [2.75, 3.05) is 10.8 Å². The van der Waals surface area contributed by atoms with Crippen LogP contribution < -0.4 is 9.62 Å². The SMILES string of the molecule is CCC(C(=O)NC1CCCCC1)N(Cc1cccc(C)c1)C(=O)CN(c1cc(C(F)(F)F)ccc1Cl)S(=O)(=O)c1ccccc1. The van der Waals surface area contributed by atoms with Crippen LogP contribution in [0.5, 0.6) is 0 Å². The molecule has 0 bridgehead atoms. The van der Waals surface area contributed by atoms with Crippen LogP contribution in [-0.2, 0) is 32.3 Å². The number of amides is 2. The average Bonchev–Trinajstić information content (AvgIpc) is 3.00. The minimum atomic E-state index is -4.80. The Hall–Kier alpha value is -3.57. The summed E-state index contributed by atoms with van der Waals surface area (Å²) in [6, 6.07) is 15.8. The van der Waals surface area contributed by atoms with Gasteiger partial charge in [0.1, 0.15) is 12.6 Å². The largest absolute Gasteiger partial charge is 0.416 e. The molecule has 12 heteroatoms. The highest BCUT2D eigenvalue weighted by molar-refractivity contribution is 7.92. The number of nitrogens with zero attached hydrogens (tertiary/aromatic N) is 2. The van der Waals surface area contributed by atoms with Gasteiger partial charge in [-0.25, -0.2) is 8.42 Å². The van der Waals surface area contributed by atoms with E-state index in [-0.39, 0.29) is 34.8 Å². The molecular formula is C33H37ClF3N3O4S. The van der Waals surface area contributed by atoms with Gasteiger partial charge in [0.05, 0.1) is 21.2 Å². The Balaban J connectivity index is 1.78. The molecule has 0 saturated heterocycles. The van der Waals surface area contributed by atoms with Gasteiger partial charge in [-0.2, -0.15) is 13.2 Å². The Bertz CT molecular complexity index is 1600. The van der Waals surface area contributed by atoms with Crippen molar-refractivity contribution in [2.45, 2.75) is 82.1 Å². The van der Waals surface area contributed by atoms with Gasteiger partial charge >= 0.3 is 6.18 Å². The number of anilines is 1. The van der Waals surface area contributed by atoms with Crippen LogP contribution in [0.2, 0.25) is 5.02 Å². The van der Waals surface area contributed by atoms with E-state index in [2.05, 4.69) is 5.32 Å². The molecule has 1 fully saturated rings. The van der Waals surface area contributed by atoms with Crippen LogP contribution in [0.3, 0.4) is 0 Å². The van der Waals surface area contributed by atoms with Crippen molar-refractivity contribution in [3.05, 3.63) is 94.5 Å². The molecule has 0 aliphatic heterocycles. The topological polar surface area (TPSA) is 86.8 Å². The van der Waals surface area contributed by atoms with Gasteiger partial charge in [-0.1, -0.05) is 85.8 Å². The molecule has 1 aliphatic rings. The lowest BCUT2D eigenvalue weighted by atomic mass is 9.95. The van der Waals surface area contributed by atoms with Crippen molar-refractivity contribution in [3.8, 4) is 0 Å². The third kappa shape index (κ3) is 8.58. The number of sulfonamides is 1. The summed E-state index contributed by atoms with van der Waals surface area (Å²) in [5.74, 6) is -1.13. The van der Waals surface area contributed by atoms with Crippen molar-refractivity contribution in [2.24, 2.45) is 0 Å². The fraction of sp³-hybridized carbons (Fsp3) is 0.394. The second-order valence-corrected chi connectivity index (χ2v) is 13.5. The van der Waals surface area contributed by atoms with Gasteiger partial charge in [0, 0.05) is 12.6 Å². The highest BCUT2D eigenvalue weighted by Crippen LogP contribution is 2.37. The molecule has 0 radical (unpaired) electrons. The lowest BCUT2D eigenvalue weighted by Gasteiger charge is -2.34. The van der Waals surface area contributed by atoms with E-state index in [1.807, 2.05) is 25.1 Å². The molecule has 4 rings (SSSR count). The molecule has 1 aliphatic carbocycles. The standard InChI is InChI=1S/C33H37ClF3N3O4S/c1-3-29(32(42)38-26-13-6-4-7-14-26)39(21-24-12-10-11-23(2)19-24)31(41)22-40(45(43,44)27-15-8-5-9-16-27)30-20-25(33(35,36)37)17-18-28(30)34/h5,8-12,15-20,26,29H,3-4,6-7,13-14,21-22H2,1-2H3,(H,38,42). The predicted octanol–water partition coefficient (Wildman–Crippen LogP) is 7.12. The molecule has 3 aromatic carbocycles. The Morgan fingerprint density at radius 1 is 0.978 bits per heavy atom. The van der Waals surface area contributed by atoms with Gasteiger partial charge in [0.15, 0.2) is 0 Å². The van der Waals surface area contributed by atoms with Crippen molar-refractivity contribution < 1.29 is 31.2 Å². The first-order chi connectivity index (χ1) is 21.3. The van der Waals surface area contributed by atoms with E-state index in [4.69, 9.17) is 11.6 Å². The number of nitrogens with one attached hydrogen (secondary N) is 1. The summed E-state index contributed by atoms with van der Waals surface area (Å²) in [6.07, 6.45) is 0.135. The fourth-order valence-electron chi connectivity index (χ4n) is 5.58. The molecule has 242 valence electrons. The molecule has 0 aromatic heterocycles. The monoisotopic (exact) mass is 663 g/mol. The lowest BCUT2D eigenvalue weighted by molar-refractivity contribution is -0.140. The minimum Gasteiger partial charge on any atom is -0.352 e. The maximum absolute atomic E-state index is 14.3. The maximum Gasteiger partial charge on any atom is 0.416 e. The van der Waals surface area contributed by atoms with Gasteiger partial charge in [0.25, 0.3) is 10.0 Å². The molecule has 1 N–H and O–H groups in total. The molecule has 7 nitrogen and oxygen atoms in total. The summed E-state index contributed by atoms with van der Waals surface area (Å²) in [4.78, 5) is 29.0. The summed E-state index contributed by atoms with van der Waals surface area (Å²) >= 11 is 6.33. The molecule has 1 atom stereocenters. The third-order valence-corrected chi connectivity index (χ3v) is 10.0. The maximum atomic E-state index is 14.3. The summed E-state index contributed by atoms with van der Waals surface area (Å²) in [7, 11) is -4.59. The van der Waals surface area contributed by atoms with Crippen LogP contribution >= 0.6 is 11.6 Å². The summed E-state index contributed by atoms with van der Waals surface area (Å²) in [5.41, 5.74) is 0.00176. The van der Waals surface area contributed by atoms with E-state index in [1.165, 1.54) is 29.2 Å². The van der Waals surface area contributed by atoms with Crippen LogP contribution in [-0.4, -0.2) is 43.8 Å². The summed E-state index contributed by atoms with van der Waals surface area (Å²) in [6.45, 7) is 2.72. The molecule has 0 heterocycles. The number of hydrogen-bond donors (Lipinski definition) is 1. The number of aryl methyl sites for hydroxylation is 1. The van der Waals surface area contributed by atoms with Crippen LogP contribution in [0.25, 0.3) is 0 Å². The summed E-state index contributed by atoms with van der Waals surface area (Å²) in [5, 5.41) is 2.78. The first-order valence-corrected chi connectivity index (χ1v) is 16.7. The highest BCUT2D eigenvalue weighted by atomic mass is 35.5. The number of halogens is 4. The van der Waals surface area contributed by atoms with E-state index < -0.39 is 45.9 Å². The number of benzene rings is 3. The van der Waals surface area contributed by atoms with E-state index in [1.54, 1.807) is 19.1 Å². The molecule has 1 saturated carbocycles. The van der Waals surface area contributed by atoms with Crippen molar-refractivity contribution in [3.63, 3.8) is 0 Å². The Morgan fingerprint density at radius 2 is 1.67 bits per heavy atom. The van der Waals surface area contributed by atoms with Gasteiger partial charge in [-0.05, 0) is 62.1 Å². The fourth-order valence-corrected chi connectivity index (χ4v) is 7.30. The zero-order valence-corrected chi connectivity index (χ0v) is 26.8. The lowest BCUT2D eigenvalue weighted by Crippen LogP contribution is -2.54. The van der Waals surface area contributed by atoms with E-state index in [0.29, 0.717) is 15.9 Å². The van der Waals surface area contributed by atoms with Crippen LogP contribution in [0, 0.1) is 6.92 Å². The molecule has 3 aromatic rings. The van der Waals surface area contributed by atoms with E-state index >= 15 is 0 Å². The quantitative estimate of drug-likeness (QED) is 0.237. The second kappa shape index (κ2) is 14.7. The van der Waals surface area contributed by atoms with Gasteiger partial charge in [-0.3, -0.25) is 13.9 Å². The molecule has 0 spiro atoms. The Morgan fingerprint density at radius 3 is 2.29 bits per heavy atom. The number of hydrogen-bond acceptors (Lipinski definition) is 4. The van der Waals surface area contributed by atoms with Crippen molar-refractivity contribution >= 4 is 39.1 Å². The smallest absolute Gasteiger partial charge is 0.352 e. The predicted molar refractivity (Wildman–Crippen MR) is 168 cm³/mol. The van der Waals surface area contributed by atoms with Gasteiger partial charge in [-0.15, -0.1) is 0 Å². The molecule has 2 amide bonds. The number of rotatable bonds is 11. The highest BCUT2D eigenvalue weighted by Gasteiger charge is 2.37. The van der Waals surface area contributed by atoms with E-state index in [0.717, 1.165) is 49.8 Å². The first-order valence-electron chi connectivity index (χ1n) is 14.9. The average molecular weight is 664 g/mol. The van der Waals surface area contributed by atoms with E-state index in [9.17, 15) is 31.2 Å². The second-order valence-electron chi connectivity index (χ2n) is 11.3. The molecule has 1 unspecified atom stereocenters. The van der Waals surface area contributed by atoms with Crippen LogP contribution in [0.15, 0.2) is 77.7 Å². The zero-order chi connectivity index (χ0) is 32.8.